The molecule has 0 radical (unpaired) electrons. The van der Waals surface area contributed by atoms with Gasteiger partial charge in [0.05, 0.1) is 13.2 Å². The first kappa shape index (κ1) is 17.9. The van der Waals surface area contributed by atoms with Crippen molar-refractivity contribution in [3.8, 4) is 0 Å². The quantitative estimate of drug-likeness (QED) is 0.609. The summed E-state index contributed by atoms with van der Waals surface area (Å²) in [7, 11) is -3.20. The van der Waals surface area contributed by atoms with Crippen LogP contribution in [0.15, 0.2) is 60.7 Å². The number of piperidine rings is 1. The van der Waals surface area contributed by atoms with Crippen LogP contribution in [0.2, 0.25) is 0 Å². The van der Waals surface area contributed by atoms with E-state index in [2.05, 4.69) is 4.90 Å². The highest BCUT2D eigenvalue weighted by molar-refractivity contribution is 7.53. The minimum atomic E-state index is -3.20. The molecule has 1 saturated heterocycles. The van der Waals surface area contributed by atoms with E-state index in [9.17, 15) is 4.57 Å². The second-order valence-electron chi connectivity index (χ2n) is 7.37. The van der Waals surface area contributed by atoms with Crippen molar-refractivity contribution in [2.24, 2.45) is 5.92 Å². The molecule has 2 unspecified atom stereocenters. The molecule has 5 heteroatoms. The van der Waals surface area contributed by atoms with E-state index in [4.69, 9.17) is 9.05 Å². The van der Waals surface area contributed by atoms with Crippen LogP contribution >= 0.6 is 7.60 Å². The zero-order valence-electron chi connectivity index (χ0n) is 15.0. The van der Waals surface area contributed by atoms with Crippen LogP contribution in [0.4, 0.5) is 0 Å². The van der Waals surface area contributed by atoms with Crippen molar-refractivity contribution < 1.29 is 13.6 Å². The largest absolute Gasteiger partial charge is 0.345 e. The summed E-state index contributed by atoms with van der Waals surface area (Å²) in [6, 6.07) is 20.3. The highest BCUT2D eigenvalue weighted by Crippen LogP contribution is 2.53. The van der Waals surface area contributed by atoms with Crippen molar-refractivity contribution >= 4 is 7.60 Å². The zero-order chi connectivity index (χ0) is 17.8. The summed E-state index contributed by atoms with van der Waals surface area (Å²) < 4.78 is 25.3. The molecule has 2 aromatic carbocycles. The molecule has 4 nitrogen and oxygen atoms in total. The second-order valence-corrected chi connectivity index (χ2v) is 9.40. The van der Waals surface area contributed by atoms with Crippen molar-refractivity contribution in [1.29, 1.82) is 0 Å². The van der Waals surface area contributed by atoms with Crippen LogP contribution < -0.4 is 0 Å². The van der Waals surface area contributed by atoms with Crippen molar-refractivity contribution in [2.45, 2.75) is 38.5 Å². The van der Waals surface area contributed by atoms with Gasteiger partial charge in [0, 0.05) is 12.6 Å². The van der Waals surface area contributed by atoms with Gasteiger partial charge in [-0.25, -0.2) is 0 Å². The number of rotatable bonds is 8. The Hall–Kier alpha value is -1.45. The van der Waals surface area contributed by atoms with E-state index in [-0.39, 0.29) is 0 Å². The van der Waals surface area contributed by atoms with Gasteiger partial charge in [-0.15, -0.1) is 0 Å². The molecule has 1 aliphatic heterocycles. The summed E-state index contributed by atoms with van der Waals surface area (Å²) in [4.78, 5) is 2.32. The van der Waals surface area contributed by atoms with Gasteiger partial charge in [-0.05, 0) is 36.3 Å². The van der Waals surface area contributed by atoms with Crippen molar-refractivity contribution in [3.63, 3.8) is 0 Å². The Balaban J connectivity index is 1.43. The van der Waals surface area contributed by atoms with Gasteiger partial charge in [-0.2, -0.15) is 0 Å². The van der Waals surface area contributed by atoms with Crippen LogP contribution in [0.5, 0.6) is 0 Å². The van der Waals surface area contributed by atoms with Crippen molar-refractivity contribution in [2.75, 3.05) is 12.8 Å². The Bertz CT molecular complexity index is 705. The Kier molecular flexibility index (Phi) is 5.56. The number of hydrogen-bond donors (Lipinski definition) is 0. The number of benzene rings is 2. The molecule has 1 heterocycles. The minimum Gasteiger partial charge on any atom is -0.303 e. The summed E-state index contributed by atoms with van der Waals surface area (Å²) >= 11 is 0. The van der Waals surface area contributed by atoms with Gasteiger partial charge in [0.1, 0.15) is 6.29 Å². The predicted molar refractivity (Wildman–Crippen MR) is 103 cm³/mol. The van der Waals surface area contributed by atoms with Crippen LogP contribution in [-0.2, 0) is 26.8 Å². The fourth-order valence-corrected chi connectivity index (χ4v) is 5.76. The van der Waals surface area contributed by atoms with Gasteiger partial charge >= 0.3 is 7.60 Å². The maximum Gasteiger partial charge on any atom is 0.345 e. The van der Waals surface area contributed by atoms with Gasteiger partial charge in [-0.3, -0.25) is 9.46 Å². The van der Waals surface area contributed by atoms with Gasteiger partial charge in [0.15, 0.2) is 0 Å². The molecule has 1 aliphatic carbocycles. The first-order chi connectivity index (χ1) is 12.7. The standard InChI is InChI=1S/C21H26NO3P/c23-26(24-15-18-7-3-1-4-8-18,25-16-19-9-5-2-6-10-19)17-22-14-20-11-12-21(22)13-20/h1-10,20-21H,11-17H2. The van der Waals surface area contributed by atoms with Crippen LogP contribution in [0, 0.1) is 5.92 Å². The summed E-state index contributed by atoms with van der Waals surface area (Å²) in [6.07, 6.45) is 4.15. The van der Waals surface area contributed by atoms with E-state index in [1.807, 2.05) is 60.7 Å². The van der Waals surface area contributed by atoms with Gasteiger partial charge < -0.3 is 9.05 Å². The minimum absolute atomic E-state index is 0.314. The Morgan fingerprint density at radius 2 is 1.46 bits per heavy atom. The van der Waals surface area contributed by atoms with E-state index in [1.54, 1.807) is 0 Å². The molecular weight excluding hydrogens is 345 g/mol. The topological polar surface area (TPSA) is 38.8 Å². The molecule has 2 aromatic rings. The fourth-order valence-electron chi connectivity index (χ4n) is 4.04. The third kappa shape index (κ3) is 4.44. The Morgan fingerprint density at radius 1 is 0.885 bits per heavy atom. The highest BCUT2D eigenvalue weighted by Gasteiger charge is 2.41. The molecule has 0 spiro atoms. The first-order valence-corrected chi connectivity index (χ1v) is 11.1. The van der Waals surface area contributed by atoms with Gasteiger partial charge in [0.25, 0.3) is 0 Å². The lowest BCUT2D eigenvalue weighted by Gasteiger charge is -2.30. The normalized spacial score (nSPS) is 22.8. The smallest absolute Gasteiger partial charge is 0.303 e. The maximum atomic E-state index is 13.5. The molecular formula is C21H26NO3P. The summed E-state index contributed by atoms with van der Waals surface area (Å²) in [6.45, 7) is 1.65. The lowest BCUT2D eigenvalue weighted by atomic mass is 10.1. The van der Waals surface area contributed by atoms with E-state index in [0.29, 0.717) is 25.5 Å². The molecule has 2 fully saturated rings. The molecule has 0 amide bonds. The van der Waals surface area contributed by atoms with E-state index < -0.39 is 7.60 Å². The molecule has 4 rings (SSSR count). The predicted octanol–water partition coefficient (Wildman–Crippen LogP) is 5.05. The molecule has 0 N–H and O–H groups in total. The number of fused-ring (bicyclic) bond motifs is 2. The highest BCUT2D eigenvalue weighted by atomic mass is 31.2. The van der Waals surface area contributed by atoms with Crippen LogP contribution in [0.3, 0.4) is 0 Å². The van der Waals surface area contributed by atoms with Crippen LogP contribution in [0.25, 0.3) is 0 Å². The van der Waals surface area contributed by atoms with Crippen molar-refractivity contribution in [1.82, 2.24) is 4.90 Å². The molecule has 2 bridgehead atoms. The lowest BCUT2D eigenvalue weighted by Crippen LogP contribution is -2.33. The summed E-state index contributed by atoms with van der Waals surface area (Å²) in [5, 5.41) is 0. The van der Waals surface area contributed by atoms with Gasteiger partial charge in [0.2, 0.25) is 0 Å². The van der Waals surface area contributed by atoms with Crippen LogP contribution in [-0.4, -0.2) is 23.8 Å². The van der Waals surface area contributed by atoms with Crippen molar-refractivity contribution in [3.05, 3.63) is 71.8 Å². The molecule has 2 atom stereocenters. The van der Waals surface area contributed by atoms with Crippen LogP contribution in [0.1, 0.15) is 30.4 Å². The zero-order valence-corrected chi connectivity index (χ0v) is 15.9. The maximum absolute atomic E-state index is 13.5. The molecule has 0 aromatic heterocycles. The third-order valence-electron chi connectivity index (χ3n) is 5.42. The molecule has 2 aliphatic rings. The number of hydrogen-bond acceptors (Lipinski definition) is 4. The van der Waals surface area contributed by atoms with E-state index in [0.717, 1.165) is 23.6 Å². The summed E-state index contributed by atoms with van der Waals surface area (Å²) in [5.41, 5.74) is 2.03. The average molecular weight is 371 g/mol. The third-order valence-corrected chi connectivity index (χ3v) is 7.17. The lowest BCUT2D eigenvalue weighted by molar-refractivity contribution is 0.161. The number of likely N-dealkylation sites (tertiary alicyclic amines) is 1. The molecule has 138 valence electrons. The molecule has 26 heavy (non-hydrogen) atoms. The van der Waals surface area contributed by atoms with Gasteiger partial charge in [-0.1, -0.05) is 60.7 Å². The number of nitrogens with zero attached hydrogens (tertiary/aromatic N) is 1. The molecule has 1 saturated carbocycles. The second kappa shape index (κ2) is 8.06. The van der Waals surface area contributed by atoms with E-state index >= 15 is 0 Å². The average Bonchev–Trinajstić information content (AvgIpc) is 3.30. The monoisotopic (exact) mass is 371 g/mol. The summed E-state index contributed by atoms with van der Waals surface area (Å²) in [5.74, 6) is 0.761. The SMILES string of the molecule is O=P(CN1CC2CCC1C2)(OCc1ccccc1)OCc1ccccc1. The Morgan fingerprint density at radius 3 is 1.92 bits per heavy atom. The fraction of sp³-hybridized carbons (Fsp3) is 0.429. The first-order valence-electron chi connectivity index (χ1n) is 9.40. The Labute approximate surface area is 155 Å². The van der Waals surface area contributed by atoms with E-state index in [1.165, 1.54) is 19.3 Å².